The third kappa shape index (κ3) is 2.00. The molecule has 1 aliphatic carbocycles. The van der Waals surface area contributed by atoms with Gasteiger partial charge >= 0.3 is 11.9 Å². The monoisotopic (exact) mass is 250 g/mol. The highest BCUT2D eigenvalue weighted by atomic mass is 19.3. The van der Waals surface area contributed by atoms with Crippen molar-refractivity contribution in [2.24, 2.45) is 17.3 Å². The largest absolute Gasteiger partial charge is 0.465 e. The third-order valence-electron chi connectivity index (χ3n) is 3.17. The standard InChI is InChI=1S/C11H16F2O4/c1-4-16-9(14)11(10(15)17-5-2)6(3)7(11)8(12)13/h6-8H,4-5H2,1-3H3/t6?,7-/m1/s1. The molecule has 0 N–H and O–H groups in total. The third-order valence-corrected chi connectivity index (χ3v) is 3.17. The number of hydrogen-bond acceptors (Lipinski definition) is 4. The smallest absolute Gasteiger partial charge is 0.324 e. The van der Waals surface area contributed by atoms with E-state index in [1.807, 2.05) is 0 Å². The fraction of sp³-hybridized carbons (Fsp3) is 0.818. The Kier molecular flexibility index (Phi) is 4.06. The quantitative estimate of drug-likeness (QED) is 0.549. The minimum Gasteiger partial charge on any atom is -0.465 e. The second-order valence-electron chi connectivity index (χ2n) is 3.96. The molecule has 0 saturated heterocycles. The van der Waals surface area contributed by atoms with Crippen molar-refractivity contribution in [2.75, 3.05) is 13.2 Å². The van der Waals surface area contributed by atoms with Crippen molar-refractivity contribution in [1.29, 1.82) is 0 Å². The second kappa shape index (κ2) is 4.98. The maximum atomic E-state index is 12.8. The van der Waals surface area contributed by atoms with Crippen LogP contribution in [0.5, 0.6) is 0 Å². The molecular weight excluding hydrogens is 234 g/mol. The van der Waals surface area contributed by atoms with Crippen molar-refractivity contribution in [3.8, 4) is 0 Å². The number of alkyl halides is 2. The van der Waals surface area contributed by atoms with Crippen molar-refractivity contribution in [2.45, 2.75) is 27.2 Å². The van der Waals surface area contributed by atoms with Gasteiger partial charge in [0.05, 0.1) is 19.1 Å². The molecule has 2 atom stereocenters. The van der Waals surface area contributed by atoms with E-state index in [1.165, 1.54) is 6.92 Å². The number of hydrogen-bond donors (Lipinski definition) is 0. The van der Waals surface area contributed by atoms with Crippen LogP contribution in [0.15, 0.2) is 0 Å². The van der Waals surface area contributed by atoms with Gasteiger partial charge in [-0.25, -0.2) is 8.78 Å². The Labute approximate surface area is 98.3 Å². The highest BCUT2D eigenvalue weighted by molar-refractivity contribution is 6.04. The summed E-state index contributed by atoms with van der Waals surface area (Å²) in [5.41, 5.74) is -1.81. The molecule has 1 unspecified atom stereocenters. The Bertz CT molecular complexity index is 299. The number of rotatable bonds is 5. The van der Waals surface area contributed by atoms with Crippen LogP contribution in [-0.4, -0.2) is 31.6 Å². The molecule has 0 bridgehead atoms. The predicted octanol–water partition coefficient (Wildman–Crippen LogP) is 1.63. The minimum absolute atomic E-state index is 0.0443. The molecular formula is C11H16F2O4. The molecule has 0 spiro atoms. The van der Waals surface area contributed by atoms with Gasteiger partial charge in [0.15, 0.2) is 5.41 Å². The maximum absolute atomic E-state index is 12.8. The average Bonchev–Trinajstić information content (AvgIpc) is 2.86. The highest BCUT2D eigenvalue weighted by Crippen LogP contribution is 2.62. The van der Waals surface area contributed by atoms with Crippen LogP contribution in [0.1, 0.15) is 20.8 Å². The van der Waals surface area contributed by atoms with Crippen molar-refractivity contribution >= 4 is 11.9 Å². The fourth-order valence-electron chi connectivity index (χ4n) is 2.24. The van der Waals surface area contributed by atoms with E-state index in [-0.39, 0.29) is 13.2 Å². The molecule has 0 aromatic rings. The van der Waals surface area contributed by atoms with E-state index in [0.717, 1.165) is 0 Å². The van der Waals surface area contributed by atoms with Crippen molar-refractivity contribution < 1.29 is 27.8 Å². The molecule has 1 saturated carbocycles. The summed E-state index contributed by atoms with van der Waals surface area (Å²) in [6.45, 7) is 4.64. The van der Waals surface area contributed by atoms with Gasteiger partial charge in [-0.2, -0.15) is 0 Å². The molecule has 0 aliphatic heterocycles. The van der Waals surface area contributed by atoms with E-state index in [0.29, 0.717) is 0 Å². The second-order valence-corrected chi connectivity index (χ2v) is 3.96. The predicted molar refractivity (Wildman–Crippen MR) is 54.4 cm³/mol. The van der Waals surface area contributed by atoms with E-state index in [4.69, 9.17) is 9.47 Å². The topological polar surface area (TPSA) is 52.6 Å². The lowest BCUT2D eigenvalue weighted by Crippen LogP contribution is -2.34. The SMILES string of the molecule is CCOC(=O)C1(C(=O)OCC)C(C)[C@@H]1C(F)F. The molecule has 0 heterocycles. The zero-order chi connectivity index (χ0) is 13.2. The summed E-state index contributed by atoms with van der Waals surface area (Å²) in [5, 5.41) is 0. The number of halogens is 2. The minimum atomic E-state index is -2.74. The summed E-state index contributed by atoms with van der Waals surface area (Å²) in [5.74, 6) is -3.87. The molecule has 0 radical (unpaired) electrons. The molecule has 17 heavy (non-hydrogen) atoms. The van der Waals surface area contributed by atoms with Crippen LogP contribution in [0.3, 0.4) is 0 Å². The summed E-state index contributed by atoms with van der Waals surface area (Å²) < 4.78 is 34.9. The van der Waals surface area contributed by atoms with Gasteiger partial charge in [-0.1, -0.05) is 6.92 Å². The molecule has 6 heteroatoms. The van der Waals surface area contributed by atoms with E-state index in [1.54, 1.807) is 13.8 Å². The van der Waals surface area contributed by atoms with Gasteiger partial charge in [0.2, 0.25) is 6.43 Å². The number of carbonyl (C=O) groups excluding carboxylic acids is 2. The van der Waals surface area contributed by atoms with Crippen LogP contribution in [0, 0.1) is 17.3 Å². The first-order valence-corrected chi connectivity index (χ1v) is 5.57. The van der Waals surface area contributed by atoms with E-state index in [9.17, 15) is 18.4 Å². The Morgan fingerprint density at radius 1 is 1.18 bits per heavy atom. The first-order chi connectivity index (χ1) is 7.94. The lowest BCUT2D eigenvalue weighted by atomic mass is 10.0. The average molecular weight is 250 g/mol. The van der Waals surface area contributed by atoms with E-state index < -0.39 is 35.6 Å². The van der Waals surface area contributed by atoms with E-state index in [2.05, 4.69) is 0 Å². The molecule has 1 rings (SSSR count). The summed E-state index contributed by atoms with van der Waals surface area (Å²) in [4.78, 5) is 23.4. The Balaban J connectivity index is 2.96. The normalized spacial score (nSPS) is 25.5. The lowest BCUT2D eigenvalue weighted by Gasteiger charge is -2.14. The zero-order valence-corrected chi connectivity index (χ0v) is 10.0. The molecule has 0 amide bonds. The van der Waals surface area contributed by atoms with Crippen molar-refractivity contribution in [1.82, 2.24) is 0 Å². The molecule has 1 fully saturated rings. The fourth-order valence-corrected chi connectivity index (χ4v) is 2.24. The Morgan fingerprint density at radius 3 is 1.82 bits per heavy atom. The highest BCUT2D eigenvalue weighted by Gasteiger charge is 2.77. The van der Waals surface area contributed by atoms with Gasteiger partial charge < -0.3 is 9.47 Å². The summed E-state index contributed by atoms with van der Waals surface area (Å²) >= 11 is 0. The van der Waals surface area contributed by atoms with Crippen LogP contribution < -0.4 is 0 Å². The summed E-state index contributed by atoms with van der Waals surface area (Å²) in [7, 11) is 0. The molecule has 0 aromatic heterocycles. The van der Waals surface area contributed by atoms with Gasteiger partial charge in [0.25, 0.3) is 0 Å². The van der Waals surface area contributed by atoms with Gasteiger partial charge in [0, 0.05) is 0 Å². The van der Waals surface area contributed by atoms with Gasteiger partial charge in [-0.05, 0) is 19.8 Å². The van der Waals surface area contributed by atoms with Crippen molar-refractivity contribution in [3.05, 3.63) is 0 Å². The van der Waals surface area contributed by atoms with Crippen LogP contribution in [0.2, 0.25) is 0 Å². The zero-order valence-electron chi connectivity index (χ0n) is 10.0. The Morgan fingerprint density at radius 2 is 1.59 bits per heavy atom. The summed E-state index contributed by atoms with van der Waals surface area (Å²) in [6.07, 6.45) is -2.74. The lowest BCUT2D eigenvalue weighted by molar-refractivity contribution is -0.166. The molecule has 4 nitrogen and oxygen atoms in total. The van der Waals surface area contributed by atoms with Crippen LogP contribution in [-0.2, 0) is 19.1 Å². The van der Waals surface area contributed by atoms with Crippen molar-refractivity contribution in [3.63, 3.8) is 0 Å². The molecule has 0 aromatic carbocycles. The molecule has 98 valence electrons. The maximum Gasteiger partial charge on any atom is 0.324 e. The van der Waals surface area contributed by atoms with Gasteiger partial charge in [-0.15, -0.1) is 0 Å². The van der Waals surface area contributed by atoms with Crippen LogP contribution in [0.25, 0.3) is 0 Å². The molecule has 1 aliphatic rings. The Hall–Kier alpha value is -1.20. The first-order valence-electron chi connectivity index (χ1n) is 5.57. The van der Waals surface area contributed by atoms with E-state index >= 15 is 0 Å². The van der Waals surface area contributed by atoms with Gasteiger partial charge in [-0.3, -0.25) is 9.59 Å². The first kappa shape index (κ1) is 13.9. The van der Waals surface area contributed by atoms with Gasteiger partial charge in [0.1, 0.15) is 0 Å². The number of carbonyl (C=O) groups is 2. The van der Waals surface area contributed by atoms with Crippen LogP contribution >= 0.6 is 0 Å². The number of ether oxygens (including phenoxy) is 2. The van der Waals surface area contributed by atoms with Crippen LogP contribution in [0.4, 0.5) is 8.78 Å². The number of esters is 2. The summed E-state index contributed by atoms with van der Waals surface area (Å²) in [6, 6.07) is 0.